The number of fused-ring (bicyclic) bond motifs is 1. The third-order valence-electron chi connectivity index (χ3n) is 2.12. The van der Waals surface area contributed by atoms with Crippen LogP contribution in [0.5, 0.6) is 0 Å². The largest absolute Gasteiger partial charge is 0.274 e. The third-order valence-corrected chi connectivity index (χ3v) is 2.63. The summed E-state index contributed by atoms with van der Waals surface area (Å²) < 4.78 is 0.912. The molecule has 0 bridgehead atoms. The van der Waals surface area contributed by atoms with Gasteiger partial charge in [0.2, 0.25) is 5.91 Å². The fourth-order valence-corrected chi connectivity index (χ4v) is 1.92. The number of nitrogens with zero attached hydrogens (tertiary/aromatic N) is 2. The molecule has 0 fully saturated rings. The molecule has 0 amide bonds. The van der Waals surface area contributed by atoms with Crippen molar-refractivity contribution in [3.8, 4) is 0 Å². The normalized spacial score (nSPS) is 10.7. The zero-order valence-corrected chi connectivity index (χ0v) is 9.71. The van der Waals surface area contributed by atoms with Gasteiger partial charge >= 0.3 is 0 Å². The van der Waals surface area contributed by atoms with Crippen molar-refractivity contribution >= 4 is 40.0 Å². The van der Waals surface area contributed by atoms with E-state index in [4.69, 9.17) is 23.2 Å². The molecule has 0 atom stereocenters. The van der Waals surface area contributed by atoms with Gasteiger partial charge in [0.1, 0.15) is 6.33 Å². The van der Waals surface area contributed by atoms with E-state index in [-0.39, 0.29) is 10.4 Å². The molecular formula is C10H6Cl2N2O2. The summed E-state index contributed by atoms with van der Waals surface area (Å²) in [7, 11) is 0. The van der Waals surface area contributed by atoms with Gasteiger partial charge < -0.3 is 0 Å². The lowest BCUT2D eigenvalue weighted by Gasteiger charge is -2.03. The van der Waals surface area contributed by atoms with Gasteiger partial charge in [-0.2, -0.15) is 0 Å². The highest BCUT2D eigenvalue weighted by Crippen LogP contribution is 2.23. The average Bonchev–Trinajstić information content (AvgIpc) is 2.19. The summed E-state index contributed by atoms with van der Waals surface area (Å²) in [5.74, 6) is -0.407. The van der Waals surface area contributed by atoms with E-state index in [2.05, 4.69) is 4.98 Å². The molecular weight excluding hydrogens is 251 g/mol. The zero-order valence-electron chi connectivity index (χ0n) is 8.20. The Bertz CT molecular complexity index is 649. The number of carbonyl (C=O) groups is 1. The highest BCUT2D eigenvalue weighted by Gasteiger charge is 2.10. The minimum absolute atomic E-state index is 0.232. The lowest BCUT2D eigenvalue weighted by molar-refractivity contribution is 0.0931. The van der Waals surface area contributed by atoms with Crippen LogP contribution < -0.4 is 5.56 Å². The zero-order chi connectivity index (χ0) is 11.9. The highest BCUT2D eigenvalue weighted by molar-refractivity contribution is 6.38. The summed E-state index contributed by atoms with van der Waals surface area (Å²) >= 11 is 11.7. The van der Waals surface area contributed by atoms with Crippen LogP contribution in [-0.2, 0) is 0 Å². The number of aromatic nitrogens is 2. The quantitative estimate of drug-likeness (QED) is 0.727. The summed E-state index contributed by atoms with van der Waals surface area (Å²) in [6, 6.07) is 2.94. The first-order valence-electron chi connectivity index (χ1n) is 4.38. The first kappa shape index (κ1) is 11.1. The van der Waals surface area contributed by atoms with Gasteiger partial charge in [-0.3, -0.25) is 9.59 Å². The molecule has 1 aromatic heterocycles. The smallest absolute Gasteiger partial charge is 0.268 e. The lowest BCUT2D eigenvalue weighted by Crippen LogP contribution is -2.24. The molecule has 2 aromatic rings. The molecule has 16 heavy (non-hydrogen) atoms. The first-order chi connectivity index (χ1) is 7.50. The summed E-state index contributed by atoms with van der Waals surface area (Å²) in [6.07, 6.45) is 1.16. The minimum Gasteiger partial charge on any atom is -0.274 e. The Labute approximate surface area is 100 Å². The Morgan fingerprint density at radius 1 is 1.38 bits per heavy atom. The summed E-state index contributed by atoms with van der Waals surface area (Å²) in [4.78, 5) is 27.0. The van der Waals surface area contributed by atoms with Crippen molar-refractivity contribution in [2.75, 3.05) is 0 Å². The molecule has 0 unspecified atom stereocenters. The van der Waals surface area contributed by atoms with Crippen molar-refractivity contribution in [2.24, 2.45) is 0 Å². The summed E-state index contributed by atoms with van der Waals surface area (Å²) in [5.41, 5.74) is -0.129. The van der Waals surface area contributed by atoms with Gasteiger partial charge in [0.05, 0.1) is 15.9 Å². The Hall–Kier alpha value is -1.39. The molecule has 2 rings (SSSR count). The Morgan fingerprint density at radius 3 is 2.69 bits per heavy atom. The van der Waals surface area contributed by atoms with Crippen LogP contribution in [0.3, 0.4) is 0 Å². The van der Waals surface area contributed by atoms with Gasteiger partial charge in [0.15, 0.2) is 0 Å². The molecule has 6 heteroatoms. The number of hydrogen-bond donors (Lipinski definition) is 0. The van der Waals surface area contributed by atoms with Crippen LogP contribution in [0.2, 0.25) is 10.0 Å². The van der Waals surface area contributed by atoms with Crippen LogP contribution >= 0.6 is 23.2 Å². The van der Waals surface area contributed by atoms with Crippen LogP contribution in [0.25, 0.3) is 10.9 Å². The van der Waals surface area contributed by atoms with E-state index >= 15 is 0 Å². The van der Waals surface area contributed by atoms with E-state index in [1.807, 2.05) is 0 Å². The van der Waals surface area contributed by atoms with Crippen molar-refractivity contribution in [1.82, 2.24) is 9.55 Å². The summed E-state index contributed by atoms with van der Waals surface area (Å²) in [5, 5.41) is 0.850. The second kappa shape index (κ2) is 3.88. The van der Waals surface area contributed by atoms with Gasteiger partial charge in [-0.25, -0.2) is 9.55 Å². The molecule has 0 aliphatic heterocycles. The minimum atomic E-state index is -0.470. The van der Waals surface area contributed by atoms with E-state index in [9.17, 15) is 9.59 Å². The third kappa shape index (κ3) is 1.70. The van der Waals surface area contributed by atoms with Crippen molar-refractivity contribution in [3.63, 3.8) is 0 Å². The van der Waals surface area contributed by atoms with Crippen LogP contribution in [0.4, 0.5) is 0 Å². The number of benzene rings is 1. The predicted molar refractivity (Wildman–Crippen MR) is 62.3 cm³/mol. The Balaban J connectivity index is 2.95. The standard InChI is InChI=1S/C10H6Cl2N2O2/c1-5(15)14-4-13-9-7(10(14)16)2-6(11)3-8(9)12/h2-4H,1H3. The molecule has 0 N–H and O–H groups in total. The molecule has 4 nitrogen and oxygen atoms in total. The molecule has 0 radical (unpaired) electrons. The first-order valence-corrected chi connectivity index (χ1v) is 5.13. The molecule has 1 aromatic carbocycles. The number of rotatable bonds is 0. The molecule has 0 saturated carbocycles. The fourth-order valence-electron chi connectivity index (χ4n) is 1.38. The van der Waals surface area contributed by atoms with E-state index in [0.29, 0.717) is 10.5 Å². The maximum absolute atomic E-state index is 11.9. The average molecular weight is 257 g/mol. The molecule has 0 saturated heterocycles. The second-order valence-electron chi connectivity index (χ2n) is 3.22. The van der Waals surface area contributed by atoms with Crippen LogP contribution in [-0.4, -0.2) is 15.5 Å². The molecule has 0 aliphatic carbocycles. The molecule has 1 heterocycles. The van der Waals surface area contributed by atoms with E-state index < -0.39 is 11.5 Å². The maximum atomic E-state index is 11.9. The number of halogens is 2. The Kier molecular flexibility index (Phi) is 2.69. The SMILES string of the molecule is CC(=O)n1cnc2c(Cl)cc(Cl)cc2c1=O. The molecule has 82 valence electrons. The van der Waals surface area contributed by atoms with E-state index in [1.54, 1.807) is 0 Å². The van der Waals surface area contributed by atoms with Crippen molar-refractivity contribution in [2.45, 2.75) is 6.92 Å². The molecule has 0 spiro atoms. The van der Waals surface area contributed by atoms with Crippen LogP contribution in [0.1, 0.15) is 11.7 Å². The maximum Gasteiger partial charge on any atom is 0.268 e. The number of hydrogen-bond acceptors (Lipinski definition) is 3. The Morgan fingerprint density at radius 2 is 2.06 bits per heavy atom. The van der Waals surface area contributed by atoms with Crippen LogP contribution in [0, 0.1) is 0 Å². The predicted octanol–water partition coefficient (Wildman–Crippen LogP) is 2.36. The van der Waals surface area contributed by atoms with Crippen molar-refractivity contribution < 1.29 is 4.79 Å². The fraction of sp³-hybridized carbons (Fsp3) is 0.100. The highest BCUT2D eigenvalue weighted by atomic mass is 35.5. The van der Waals surface area contributed by atoms with E-state index in [1.165, 1.54) is 19.1 Å². The second-order valence-corrected chi connectivity index (χ2v) is 4.07. The van der Waals surface area contributed by atoms with E-state index in [0.717, 1.165) is 10.9 Å². The monoisotopic (exact) mass is 256 g/mol. The van der Waals surface area contributed by atoms with Crippen molar-refractivity contribution in [3.05, 3.63) is 38.9 Å². The summed E-state index contributed by atoms with van der Waals surface area (Å²) in [6.45, 7) is 1.28. The number of carbonyl (C=O) groups excluding carboxylic acids is 1. The van der Waals surface area contributed by atoms with Gasteiger partial charge in [-0.15, -0.1) is 0 Å². The molecule has 0 aliphatic rings. The van der Waals surface area contributed by atoms with Gasteiger partial charge in [-0.1, -0.05) is 23.2 Å². The lowest BCUT2D eigenvalue weighted by atomic mass is 10.2. The van der Waals surface area contributed by atoms with Gasteiger partial charge in [-0.05, 0) is 12.1 Å². The van der Waals surface area contributed by atoms with Gasteiger partial charge in [0.25, 0.3) is 5.56 Å². The van der Waals surface area contributed by atoms with Crippen molar-refractivity contribution in [1.29, 1.82) is 0 Å². The van der Waals surface area contributed by atoms with Crippen LogP contribution in [0.15, 0.2) is 23.3 Å². The topological polar surface area (TPSA) is 52.0 Å². The van der Waals surface area contributed by atoms with Gasteiger partial charge in [0, 0.05) is 11.9 Å².